The molecular weight excluding hydrogens is 274 g/mol. The molecule has 110 valence electrons. The first-order valence-electron chi connectivity index (χ1n) is 7.06. The van der Waals surface area contributed by atoms with E-state index in [-0.39, 0.29) is 5.91 Å². The number of nitrogens with one attached hydrogen (secondary N) is 1. The van der Waals surface area contributed by atoms with Crippen LogP contribution < -0.4 is 11.1 Å². The van der Waals surface area contributed by atoms with Crippen LogP contribution in [0.25, 0.3) is 0 Å². The lowest BCUT2D eigenvalue weighted by atomic mass is 10.0. The first-order valence-corrected chi connectivity index (χ1v) is 7.44. The summed E-state index contributed by atoms with van der Waals surface area (Å²) >= 11 is 5.92. The Morgan fingerprint density at radius 1 is 1.55 bits per heavy atom. The van der Waals surface area contributed by atoms with Gasteiger partial charge in [0.25, 0.3) is 0 Å². The summed E-state index contributed by atoms with van der Waals surface area (Å²) in [5, 5.41) is 3.41. The van der Waals surface area contributed by atoms with Crippen LogP contribution in [0.3, 0.4) is 0 Å². The van der Waals surface area contributed by atoms with E-state index in [2.05, 4.69) is 24.1 Å². The van der Waals surface area contributed by atoms with E-state index in [1.807, 2.05) is 0 Å². The van der Waals surface area contributed by atoms with Crippen LogP contribution in [-0.4, -0.2) is 29.9 Å². The van der Waals surface area contributed by atoms with Crippen LogP contribution >= 0.6 is 11.6 Å². The highest BCUT2D eigenvalue weighted by Gasteiger charge is 2.28. The standard InChI is InChI=1S/C15H22ClN3O/c1-10(2)14-4-3-7-19(14)9-15(20)18-13-8-11(16)5-6-12(13)17/h5-6,8,10,14H,3-4,7,9,17H2,1-2H3,(H,18,20). The molecule has 1 amide bonds. The van der Waals surface area contributed by atoms with Crippen molar-refractivity contribution in [2.24, 2.45) is 5.92 Å². The summed E-state index contributed by atoms with van der Waals surface area (Å²) in [5.74, 6) is 0.535. The largest absolute Gasteiger partial charge is 0.397 e. The summed E-state index contributed by atoms with van der Waals surface area (Å²) in [6.45, 7) is 5.81. The maximum Gasteiger partial charge on any atom is 0.238 e. The molecule has 1 aromatic rings. The van der Waals surface area contributed by atoms with Gasteiger partial charge in [-0.3, -0.25) is 9.69 Å². The van der Waals surface area contributed by atoms with Gasteiger partial charge in [-0.1, -0.05) is 25.4 Å². The summed E-state index contributed by atoms with van der Waals surface area (Å²) in [6, 6.07) is 5.59. The Labute approximate surface area is 125 Å². The average molecular weight is 296 g/mol. The number of amides is 1. The molecule has 1 aliphatic heterocycles. The molecule has 1 saturated heterocycles. The van der Waals surface area contributed by atoms with E-state index in [9.17, 15) is 4.79 Å². The van der Waals surface area contributed by atoms with Gasteiger partial charge in [0.1, 0.15) is 0 Å². The van der Waals surface area contributed by atoms with Crippen molar-refractivity contribution in [1.82, 2.24) is 4.90 Å². The van der Waals surface area contributed by atoms with Crippen molar-refractivity contribution in [3.05, 3.63) is 23.2 Å². The van der Waals surface area contributed by atoms with Gasteiger partial charge in [-0.05, 0) is 43.5 Å². The van der Waals surface area contributed by atoms with E-state index in [4.69, 9.17) is 17.3 Å². The highest BCUT2D eigenvalue weighted by molar-refractivity contribution is 6.31. The minimum Gasteiger partial charge on any atom is -0.397 e. The number of rotatable bonds is 4. The summed E-state index contributed by atoms with van der Waals surface area (Å²) in [7, 11) is 0. The zero-order valence-electron chi connectivity index (χ0n) is 12.0. The predicted octanol–water partition coefficient (Wildman–Crippen LogP) is 2.98. The number of carbonyl (C=O) groups is 1. The molecule has 1 atom stereocenters. The van der Waals surface area contributed by atoms with Gasteiger partial charge in [-0.25, -0.2) is 0 Å². The number of hydrogen-bond acceptors (Lipinski definition) is 3. The molecule has 1 unspecified atom stereocenters. The molecule has 3 N–H and O–H groups in total. The molecule has 1 heterocycles. The summed E-state index contributed by atoms with van der Waals surface area (Å²) in [4.78, 5) is 14.4. The zero-order chi connectivity index (χ0) is 14.7. The lowest BCUT2D eigenvalue weighted by Crippen LogP contribution is -2.39. The van der Waals surface area contributed by atoms with Crippen LogP contribution in [-0.2, 0) is 4.79 Å². The second-order valence-electron chi connectivity index (χ2n) is 5.70. The summed E-state index contributed by atoms with van der Waals surface area (Å²) < 4.78 is 0. The molecule has 0 bridgehead atoms. The summed E-state index contributed by atoms with van der Waals surface area (Å²) in [5.41, 5.74) is 6.95. The molecule has 0 aliphatic carbocycles. The fourth-order valence-electron chi connectivity index (χ4n) is 2.81. The molecule has 1 aromatic carbocycles. The molecule has 1 fully saturated rings. The highest BCUT2D eigenvalue weighted by Crippen LogP contribution is 2.25. The van der Waals surface area contributed by atoms with Crippen molar-refractivity contribution in [3.63, 3.8) is 0 Å². The normalized spacial score (nSPS) is 19.5. The Bertz CT molecular complexity index is 490. The van der Waals surface area contributed by atoms with Crippen molar-refractivity contribution >= 4 is 28.9 Å². The van der Waals surface area contributed by atoms with Gasteiger partial charge < -0.3 is 11.1 Å². The number of benzene rings is 1. The molecule has 2 rings (SSSR count). The Morgan fingerprint density at radius 3 is 3.00 bits per heavy atom. The van der Waals surface area contributed by atoms with E-state index >= 15 is 0 Å². The van der Waals surface area contributed by atoms with Crippen molar-refractivity contribution in [2.75, 3.05) is 24.1 Å². The third-order valence-electron chi connectivity index (χ3n) is 3.82. The number of halogens is 1. The van der Waals surface area contributed by atoms with Crippen LogP contribution in [0.5, 0.6) is 0 Å². The monoisotopic (exact) mass is 295 g/mol. The van der Waals surface area contributed by atoms with Crippen LogP contribution in [0, 0.1) is 5.92 Å². The van der Waals surface area contributed by atoms with Crippen LogP contribution in [0.15, 0.2) is 18.2 Å². The van der Waals surface area contributed by atoms with Crippen molar-refractivity contribution in [2.45, 2.75) is 32.7 Å². The van der Waals surface area contributed by atoms with Gasteiger partial charge in [0.15, 0.2) is 0 Å². The average Bonchev–Trinajstić information content (AvgIpc) is 2.82. The fraction of sp³-hybridized carbons (Fsp3) is 0.533. The quantitative estimate of drug-likeness (QED) is 0.840. The molecule has 20 heavy (non-hydrogen) atoms. The Hall–Kier alpha value is -1.26. The predicted molar refractivity (Wildman–Crippen MR) is 83.9 cm³/mol. The Morgan fingerprint density at radius 2 is 2.30 bits per heavy atom. The first-order chi connectivity index (χ1) is 9.47. The molecule has 5 heteroatoms. The zero-order valence-corrected chi connectivity index (χ0v) is 12.8. The second kappa shape index (κ2) is 6.46. The van der Waals surface area contributed by atoms with E-state index in [1.165, 1.54) is 6.42 Å². The molecule has 4 nitrogen and oxygen atoms in total. The fourth-order valence-corrected chi connectivity index (χ4v) is 2.99. The van der Waals surface area contributed by atoms with Crippen molar-refractivity contribution in [1.29, 1.82) is 0 Å². The summed E-state index contributed by atoms with van der Waals surface area (Å²) in [6.07, 6.45) is 2.33. The molecular formula is C15H22ClN3O. The highest BCUT2D eigenvalue weighted by atomic mass is 35.5. The number of anilines is 2. The van der Waals surface area contributed by atoms with Crippen LogP contribution in [0.1, 0.15) is 26.7 Å². The lowest BCUT2D eigenvalue weighted by molar-refractivity contribution is -0.117. The van der Waals surface area contributed by atoms with Crippen LogP contribution in [0.4, 0.5) is 11.4 Å². The first kappa shape index (κ1) is 15.1. The van der Waals surface area contributed by atoms with Gasteiger partial charge in [0.05, 0.1) is 17.9 Å². The Balaban J connectivity index is 1.97. The molecule has 0 radical (unpaired) electrons. The number of likely N-dealkylation sites (tertiary alicyclic amines) is 1. The molecule has 0 saturated carbocycles. The number of nitrogens with zero attached hydrogens (tertiary/aromatic N) is 1. The van der Waals surface area contributed by atoms with Gasteiger partial charge >= 0.3 is 0 Å². The molecule has 0 aromatic heterocycles. The van der Waals surface area contributed by atoms with E-state index in [1.54, 1.807) is 18.2 Å². The maximum atomic E-state index is 12.1. The van der Waals surface area contributed by atoms with Gasteiger partial charge in [-0.2, -0.15) is 0 Å². The number of carbonyl (C=O) groups excluding carboxylic acids is 1. The van der Waals surface area contributed by atoms with E-state index in [0.717, 1.165) is 13.0 Å². The maximum absolute atomic E-state index is 12.1. The van der Waals surface area contributed by atoms with Crippen LogP contribution in [0.2, 0.25) is 5.02 Å². The lowest BCUT2D eigenvalue weighted by Gasteiger charge is -2.26. The van der Waals surface area contributed by atoms with E-state index in [0.29, 0.717) is 34.9 Å². The third-order valence-corrected chi connectivity index (χ3v) is 4.06. The van der Waals surface area contributed by atoms with E-state index < -0.39 is 0 Å². The second-order valence-corrected chi connectivity index (χ2v) is 6.14. The SMILES string of the molecule is CC(C)C1CCCN1CC(=O)Nc1cc(Cl)ccc1N. The topological polar surface area (TPSA) is 58.4 Å². The third kappa shape index (κ3) is 3.64. The number of nitrogen functional groups attached to an aromatic ring is 1. The minimum absolute atomic E-state index is 0.0356. The number of hydrogen-bond donors (Lipinski definition) is 2. The van der Waals surface area contributed by atoms with Gasteiger partial charge in [-0.15, -0.1) is 0 Å². The smallest absolute Gasteiger partial charge is 0.238 e. The molecule has 0 spiro atoms. The van der Waals surface area contributed by atoms with Gasteiger partial charge in [0.2, 0.25) is 5.91 Å². The van der Waals surface area contributed by atoms with Crippen molar-refractivity contribution < 1.29 is 4.79 Å². The Kier molecular flexibility index (Phi) is 4.89. The van der Waals surface area contributed by atoms with Crippen molar-refractivity contribution in [3.8, 4) is 0 Å². The molecule has 1 aliphatic rings. The minimum atomic E-state index is -0.0356. The van der Waals surface area contributed by atoms with Gasteiger partial charge in [0, 0.05) is 11.1 Å². The number of nitrogens with two attached hydrogens (primary N) is 1.